The summed E-state index contributed by atoms with van der Waals surface area (Å²) in [5.41, 5.74) is 9.39. The van der Waals surface area contributed by atoms with Crippen molar-refractivity contribution < 1.29 is 39.3 Å². The standard InChI is InChI=1S/C17H23N7OS.C15H20N4O2S.C14H21N5O3S.C13H19N5O3S.2ClH/c1-12-9-14-16(10-13(12)15-5-8-22-24-15)20-11-21-17(14)19-6-3-4-7-23-26(2,18)25;1-12-4-5-14-13(10-12)15(17-11-16-14)18-6-3-7-19(9-8-18)22(2,20)21;1-10-7-12-11(8-13(10)22-2)14(18-9-17-12)16-5-3-4-6-19-23(15,20)21;1-9-6-10-11(7-12(9)19)16-8-17-13(10)15-4-2-3-5-18-22(14,20)21;;/h5,8-11H,2-4,6-7H2,1H3,(H,22,24)(H3,18,23,25)(H,19,20,21);4-5,10-11H,3,6-9H2,1-2H3;7-9,19H,3-6H2,1-2H3,(H2,15,20,21)(H,16,17,18);6-8,18-19H,2-5H2,1H3,(H2,14,20,21)(H,15,16,17);2*1H. The molecule has 0 aliphatic carbocycles. The molecule has 9 aromatic rings. The average molecular weight is 1430 g/mol. The van der Waals surface area contributed by atoms with Crippen LogP contribution < -0.4 is 55.2 Å². The molecule has 6 heterocycles. The van der Waals surface area contributed by atoms with Gasteiger partial charge in [0.1, 0.15) is 60.1 Å². The predicted octanol–water partition coefficient (Wildman–Crippen LogP) is 5.43. The molecule has 0 bridgehead atoms. The minimum Gasteiger partial charge on any atom is -0.508 e. The molecule has 4 aromatic carbocycles. The number of methoxy groups -OCH3 is 1. The van der Waals surface area contributed by atoms with Crippen LogP contribution in [0.1, 0.15) is 67.2 Å². The van der Waals surface area contributed by atoms with Crippen molar-refractivity contribution in [3.05, 3.63) is 114 Å². The highest BCUT2D eigenvalue weighted by molar-refractivity contribution is 7.96. The van der Waals surface area contributed by atoms with Crippen LogP contribution in [0, 0.1) is 27.7 Å². The number of phenols is 1. The summed E-state index contributed by atoms with van der Waals surface area (Å²) in [6, 6.07) is 19.5. The van der Waals surface area contributed by atoms with Crippen molar-refractivity contribution in [2.45, 2.75) is 72.6 Å². The van der Waals surface area contributed by atoms with Crippen LogP contribution in [0.5, 0.6) is 11.5 Å². The summed E-state index contributed by atoms with van der Waals surface area (Å²) in [5.74, 6) is 7.46. The van der Waals surface area contributed by atoms with Gasteiger partial charge in [0.25, 0.3) is 20.4 Å². The molecule has 5 aromatic heterocycles. The van der Waals surface area contributed by atoms with Gasteiger partial charge in [-0.15, -0.1) is 24.8 Å². The number of anilines is 4. The molecule has 0 amide bonds. The zero-order valence-corrected chi connectivity index (χ0v) is 58.6. The number of aromatic hydroxyl groups is 1. The maximum absolute atomic E-state index is 11.7. The number of nitrogens with two attached hydrogens (primary N) is 3. The van der Waals surface area contributed by atoms with Crippen molar-refractivity contribution in [1.82, 2.24) is 68.5 Å². The van der Waals surface area contributed by atoms with Crippen LogP contribution in [0.2, 0.25) is 0 Å². The minimum absolute atomic E-state index is 0. The van der Waals surface area contributed by atoms with E-state index in [0.29, 0.717) is 76.5 Å². The van der Waals surface area contributed by atoms with Gasteiger partial charge in [-0.3, -0.25) is 5.10 Å². The van der Waals surface area contributed by atoms with Gasteiger partial charge in [0, 0.05) is 105 Å². The summed E-state index contributed by atoms with van der Waals surface area (Å²) < 4.78 is 91.7. The zero-order valence-electron chi connectivity index (χ0n) is 53.7. The van der Waals surface area contributed by atoms with E-state index in [-0.39, 0.29) is 30.6 Å². The molecule has 1 fully saturated rings. The second-order valence-corrected chi connectivity index (χ2v) is 28.4. The fraction of sp³-hybridized carbons (Fsp3) is 0.390. The topological polar surface area (TPSA) is 437 Å². The van der Waals surface area contributed by atoms with Crippen molar-refractivity contribution in [3.63, 3.8) is 0 Å². The Hall–Kier alpha value is -7.58. The Morgan fingerprint density at radius 2 is 1.04 bits per heavy atom. The first-order chi connectivity index (χ1) is 44.2. The Morgan fingerprint density at radius 1 is 0.547 bits per heavy atom. The summed E-state index contributed by atoms with van der Waals surface area (Å²) in [7, 11) is -11.3. The van der Waals surface area contributed by atoms with Gasteiger partial charge in [0.2, 0.25) is 10.0 Å². The van der Waals surface area contributed by atoms with Gasteiger partial charge in [-0.05, 0) is 144 Å². The third kappa shape index (κ3) is 24.9. The maximum atomic E-state index is 11.7. The van der Waals surface area contributed by atoms with E-state index in [1.54, 1.807) is 36.3 Å². The third-order valence-electron chi connectivity index (χ3n) is 14.5. The molecule has 1 atom stereocenters. The van der Waals surface area contributed by atoms with E-state index in [9.17, 15) is 34.6 Å². The first-order valence-corrected chi connectivity index (χ1v) is 36.5. The molecular formula is C59H85Cl2N21O9S4. The normalized spacial score (nSPS) is 13.3. The van der Waals surface area contributed by atoms with Gasteiger partial charge < -0.3 is 30.7 Å². The van der Waals surface area contributed by atoms with E-state index in [4.69, 9.17) is 20.2 Å². The van der Waals surface area contributed by atoms with Gasteiger partial charge in [-0.1, -0.05) is 11.6 Å². The van der Waals surface area contributed by atoms with E-state index in [0.717, 1.165) is 140 Å². The highest BCUT2D eigenvalue weighted by Crippen LogP contribution is 2.31. The largest absolute Gasteiger partial charge is 0.508 e. The average Bonchev–Trinajstić information content (AvgIpc) is 1.66. The number of rotatable bonds is 25. The Morgan fingerprint density at radius 3 is 1.56 bits per heavy atom. The summed E-state index contributed by atoms with van der Waals surface area (Å²) in [4.78, 5) is 36.5. The Bertz CT molecular complexity index is 4460. The lowest BCUT2D eigenvalue weighted by atomic mass is 10.0. The number of hydrogen-bond donors (Lipinski definition) is 11. The molecule has 10 rings (SSSR count). The Labute approximate surface area is 567 Å². The fourth-order valence-corrected chi connectivity index (χ4v) is 12.0. The maximum Gasteiger partial charge on any atom is 0.274 e. The molecule has 1 unspecified atom stereocenters. The molecule has 14 N–H and O–H groups in total. The monoisotopic (exact) mass is 1430 g/mol. The first-order valence-electron chi connectivity index (χ1n) is 29.7. The van der Waals surface area contributed by atoms with Crippen LogP contribution in [-0.4, -0.2) is 174 Å². The quantitative estimate of drug-likeness (QED) is 0.0251. The minimum atomic E-state index is -3.62. The van der Waals surface area contributed by atoms with Crippen LogP contribution in [0.25, 0.3) is 54.9 Å². The highest BCUT2D eigenvalue weighted by atomic mass is 35.5. The first kappa shape index (κ1) is 78.1. The molecule has 0 radical (unpaired) electrons. The highest BCUT2D eigenvalue weighted by Gasteiger charge is 2.23. The molecule has 518 valence electrons. The van der Waals surface area contributed by atoms with Gasteiger partial charge in [0.15, 0.2) is 0 Å². The number of fused-ring (bicyclic) bond motifs is 4. The molecule has 36 heteroatoms. The zero-order chi connectivity index (χ0) is 67.3. The predicted molar refractivity (Wildman–Crippen MR) is 383 cm³/mol. The van der Waals surface area contributed by atoms with Crippen molar-refractivity contribution in [3.8, 4) is 22.8 Å². The van der Waals surface area contributed by atoms with E-state index in [1.165, 1.54) is 18.9 Å². The number of aromatic amines is 1. The van der Waals surface area contributed by atoms with Crippen molar-refractivity contribution >= 4 is 138 Å². The number of nitrogens with one attached hydrogen (secondary N) is 7. The van der Waals surface area contributed by atoms with Gasteiger partial charge in [-0.25, -0.2) is 86.4 Å². The number of aryl methyl sites for hydroxylation is 4. The summed E-state index contributed by atoms with van der Waals surface area (Å²) in [5, 5.41) is 45.2. The number of hydrogen-bond acceptors (Lipinski definition) is 22. The SMILES string of the molecule is C=S(N)(=O)NCCCCNc1ncnc2cc(-c3ccn[nH]3)c(C)cc12.COc1cc2c(NCCCCNS(N)(=O)=O)ncnc2cc1C.Cc1cc2c(NCCCCNS(N)(=O)=O)ncnc2cc1O.Cc1ccc2ncnc(N3CCCN(S(C)(=O)=O)CC3)c2c1.Cl.Cl. The number of unbranched alkanes of at least 4 members (excludes halogenated alkanes) is 3. The molecule has 30 nitrogen and oxygen atoms in total. The van der Waals surface area contributed by atoms with Gasteiger partial charge in [0.05, 0.1) is 51.0 Å². The second-order valence-electron chi connectivity index (χ2n) is 21.9. The van der Waals surface area contributed by atoms with Gasteiger partial charge >= 0.3 is 0 Å². The van der Waals surface area contributed by atoms with Crippen LogP contribution >= 0.6 is 24.8 Å². The molecule has 1 aliphatic rings. The fourth-order valence-electron chi connectivity index (χ4n) is 9.83. The number of nitrogens with zero attached hydrogens (tertiary/aromatic N) is 11. The van der Waals surface area contributed by atoms with Crippen LogP contribution in [-0.2, 0) is 40.3 Å². The van der Waals surface area contributed by atoms with E-state index < -0.39 is 40.3 Å². The summed E-state index contributed by atoms with van der Waals surface area (Å²) in [6.07, 6.45) is 14.5. The number of sulfonamides is 1. The molecular weight excluding hydrogens is 1350 g/mol. The van der Waals surface area contributed by atoms with E-state index in [1.807, 2.05) is 63.2 Å². The second kappa shape index (κ2) is 36.5. The van der Waals surface area contributed by atoms with E-state index in [2.05, 4.69) is 110 Å². The Balaban J connectivity index is 0.000000228. The van der Waals surface area contributed by atoms with Crippen LogP contribution in [0.4, 0.5) is 23.3 Å². The van der Waals surface area contributed by atoms with Crippen LogP contribution in [0.15, 0.2) is 92.2 Å². The number of benzene rings is 4. The molecule has 95 heavy (non-hydrogen) atoms. The van der Waals surface area contributed by atoms with Crippen molar-refractivity contribution in [2.75, 3.05) is 99.7 Å². The lowest BCUT2D eigenvalue weighted by molar-refractivity contribution is 0.412. The smallest absolute Gasteiger partial charge is 0.274 e. The molecule has 0 saturated carbocycles. The molecule has 1 saturated heterocycles. The number of H-pyrrole nitrogens is 1. The number of aromatic nitrogens is 10. The number of halogens is 2. The van der Waals surface area contributed by atoms with Gasteiger partial charge in [-0.2, -0.15) is 21.9 Å². The van der Waals surface area contributed by atoms with Crippen molar-refractivity contribution in [1.29, 1.82) is 0 Å². The summed E-state index contributed by atoms with van der Waals surface area (Å²) >= 11 is 0. The molecule has 0 spiro atoms. The van der Waals surface area contributed by atoms with Crippen LogP contribution in [0.3, 0.4) is 0 Å². The lowest BCUT2D eigenvalue weighted by Crippen LogP contribution is -2.34. The number of ether oxygens (including phenoxy) is 1. The summed E-state index contributed by atoms with van der Waals surface area (Å²) in [6.45, 7) is 13.6. The number of phenolic OH excluding ortho intramolecular Hbond substituents is 1. The Kier molecular flexibility index (Phi) is 30.0. The molecule has 1 aliphatic heterocycles. The third-order valence-corrected chi connectivity index (χ3v) is 17.7. The van der Waals surface area contributed by atoms with E-state index >= 15 is 0 Å². The van der Waals surface area contributed by atoms with Crippen molar-refractivity contribution in [2.24, 2.45) is 15.4 Å². The lowest BCUT2D eigenvalue weighted by Gasteiger charge is -2.23.